The monoisotopic (exact) mass is 223 g/mol. The maximum atomic E-state index is 11.2. The third-order valence-corrected chi connectivity index (χ3v) is 2.32. The van der Waals surface area contributed by atoms with Gasteiger partial charge in [0.05, 0.1) is 6.54 Å². The average Bonchev–Trinajstić information content (AvgIpc) is 2.29. The molecule has 6 heteroatoms. The van der Waals surface area contributed by atoms with Crippen molar-refractivity contribution in [3.63, 3.8) is 0 Å². The van der Waals surface area contributed by atoms with E-state index in [1.807, 2.05) is 14.0 Å². The zero-order chi connectivity index (χ0) is 12.1. The second kappa shape index (κ2) is 5.29. The number of amides is 1. The van der Waals surface area contributed by atoms with Gasteiger partial charge in [0.2, 0.25) is 5.91 Å². The molecule has 1 rings (SSSR count). The van der Waals surface area contributed by atoms with Crippen LogP contribution in [0.2, 0.25) is 0 Å². The molecule has 0 atom stereocenters. The highest BCUT2D eigenvalue weighted by atomic mass is 16.1. The predicted molar refractivity (Wildman–Crippen MR) is 63.7 cm³/mol. The van der Waals surface area contributed by atoms with Crippen molar-refractivity contribution in [2.45, 2.75) is 6.92 Å². The molecule has 0 aliphatic heterocycles. The standard InChI is InChI=1S/C10H17N5O/c1-7-9(12-3)13-6-14-10(7)15(4)5-8(16)11-2/h6H,5H2,1-4H3,(H,11,16)(H,12,13,14). The summed E-state index contributed by atoms with van der Waals surface area (Å²) in [6.45, 7) is 2.19. The second-order valence-electron chi connectivity index (χ2n) is 3.45. The van der Waals surface area contributed by atoms with Crippen molar-refractivity contribution >= 4 is 17.5 Å². The fraction of sp³-hybridized carbons (Fsp3) is 0.500. The molecule has 0 aliphatic rings. The molecule has 1 aromatic rings. The van der Waals surface area contributed by atoms with Gasteiger partial charge in [-0.15, -0.1) is 0 Å². The van der Waals surface area contributed by atoms with Crippen LogP contribution in [0, 0.1) is 6.92 Å². The number of anilines is 2. The van der Waals surface area contributed by atoms with Crippen molar-refractivity contribution in [2.75, 3.05) is 37.9 Å². The molecule has 0 unspecified atom stereocenters. The Bertz CT molecular complexity index is 379. The van der Waals surface area contributed by atoms with E-state index in [2.05, 4.69) is 20.6 Å². The summed E-state index contributed by atoms with van der Waals surface area (Å²) in [6.07, 6.45) is 1.48. The first kappa shape index (κ1) is 12.2. The van der Waals surface area contributed by atoms with Crippen LogP contribution in [-0.2, 0) is 4.79 Å². The van der Waals surface area contributed by atoms with Crippen LogP contribution in [0.25, 0.3) is 0 Å². The first-order chi connectivity index (χ1) is 7.60. The van der Waals surface area contributed by atoms with Gasteiger partial charge in [0.1, 0.15) is 18.0 Å². The topological polar surface area (TPSA) is 70.2 Å². The third kappa shape index (κ3) is 2.59. The first-order valence-electron chi connectivity index (χ1n) is 5.01. The summed E-state index contributed by atoms with van der Waals surface area (Å²) in [5.74, 6) is 1.48. The van der Waals surface area contributed by atoms with Gasteiger partial charge in [-0.05, 0) is 6.92 Å². The van der Waals surface area contributed by atoms with Crippen LogP contribution in [0.3, 0.4) is 0 Å². The Hall–Kier alpha value is -1.85. The van der Waals surface area contributed by atoms with Crippen molar-refractivity contribution in [1.82, 2.24) is 15.3 Å². The number of carbonyl (C=O) groups excluding carboxylic acids is 1. The zero-order valence-electron chi connectivity index (χ0n) is 10.0. The SMILES string of the molecule is CNC(=O)CN(C)c1ncnc(NC)c1C. The molecule has 0 radical (unpaired) electrons. The van der Waals surface area contributed by atoms with Gasteiger partial charge in [0.25, 0.3) is 0 Å². The Morgan fingerprint density at radius 2 is 2.12 bits per heavy atom. The molecule has 0 aliphatic carbocycles. The number of nitrogens with zero attached hydrogens (tertiary/aromatic N) is 3. The minimum atomic E-state index is -0.0495. The highest BCUT2D eigenvalue weighted by Crippen LogP contribution is 2.20. The van der Waals surface area contributed by atoms with Crippen molar-refractivity contribution in [2.24, 2.45) is 0 Å². The third-order valence-electron chi connectivity index (χ3n) is 2.32. The number of hydrogen-bond acceptors (Lipinski definition) is 5. The quantitative estimate of drug-likeness (QED) is 0.752. The lowest BCUT2D eigenvalue weighted by molar-refractivity contribution is -0.119. The smallest absolute Gasteiger partial charge is 0.239 e. The molecule has 0 spiro atoms. The van der Waals surface area contributed by atoms with Gasteiger partial charge in [-0.1, -0.05) is 0 Å². The van der Waals surface area contributed by atoms with E-state index in [9.17, 15) is 4.79 Å². The van der Waals surface area contributed by atoms with Crippen molar-refractivity contribution in [1.29, 1.82) is 0 Å². The highest BCUT2D eigenvalue weighted by Gasteiger charge is 2.12. The van der Waals surface area contributed by atoms with Crippen molar-refractivity contribution < 1.29 is 4.79 Å². The normalized spacial score (nSPS) is 9.75. The molecule has 0 aromatic carbocycles. The van der Waals surface area contributed by atoms with E-state index in [0.29, 0.717) is 0 Å². The van der Waals surface area contributed by atoms with E-state index in [0.717, 1.165) is 17.2 Å². The molecule has 1 amide bonds. The van der Waals surface area contributed by atoms with E-state index >= 15 is 0 Å². The van der Waals surface area contributed by atoms with Crippen LogP contribution < -0.4 is 15.5 Å². The molecule has 0 saturated carbocycles. The summed E-state index contributed by atoms with van der Waals surface area (Å²) in [6, 6.07) is 0. The Kier molecular flexibility index (Phi) is 4.04. The van der Waals surface area contributed by atoms with Gasteiger partial charge >= 0.3 is 0 Å². The average molecular weight is 223 g/mol. The Morgan fingerprint density at radius 3 is 2.69 bits per heavy atom. The number of nitrogens with one attached hydrogen (secondary N) is 2. The van der Waals surface area contributed by atoms with Crippen molar-refractivity contribution in [3.8, 4) is 0 Å². The van der Waals surface area contributed by atoms with Gasteiger partial charge in [-0.3, -0.25) is 4.79 Å². The maximum absolute atomic E-state index is 11.2. The number of rotatable bonds is 4. The van der Waals surface area contributed by atoms with Gasteiger partial charge in [0.15, 0.2) is 0 Å². The predicted octanol–water partition coefficient (Wildman–Crippen LogP) is 0.00892. The van der Waals surface area contributed by atoms with Crippen LogP contribution in [0.5, 0.6) is 0 Å². The maximum Gasteiger partial charge on any atom is 0.239 e. The molecule has 6 nitrogen and oxygen atoms in total. The molecule has 88 valence electrons. The summed E-state index contributed by atoms with van der Waals surface area (Å²) >= 11 is 0. The summed E-state index contributed by atoms with van der Waals surface area (Å²) in [5, 5.41) is 5.55. The largest absolute Gasteiger partial charge is 0.373 e. The van der Waals surface area contributed by atoms with E-state index in [4.69, 9.17) is 0 Å². The summed E-state index contributed by atoms with van der Waals surface area (Å²) in [4.78, 5) is 21.3. The van der Waals surface area contributed by atoms with E-state index in [1.165, 1.54) is 6.33 Å². The number of likely N-dealkylation sites (N-methyl/N-ethyl adjacent to an activating group) is 2. The summed E-state index contributed by atoms with van der Waals surface area (Å²) in [7, 11) is 5.24. The van der Waals surface area contributed by atoms with Crippen LogP contribution in [0.15, 0.2) is 6.33 Å². The second-order valence-corrected chi connectivity index (χ2v) is 3.45. The Balaban J connectivity index is 2.91. The zero-order valence-corrected chi connectivity index (χ0v) is 10.0. The van der Waals surface area contributed by atoms with E-state index in [1.54, 1.807) is 19.0 Å². The molecular weight excluding hydrogens is 206 g/mol. The minimum Gasteiger partial charge on any atom is -0.373 e. The fourth-order valence-electron chi connectivity index (χ4n) is 1.45. The molecule has 0 saturated heterocycles. The fourth-order valence-corrected chi connectivity index (χ4v) is 1.45. The molecule has 0 bridgehead atoms. The van der Waals surface area contributed by atoms with Crippen LogP contribution in [-0.4, -0.2) is 43.6 Å². The summed E-state index contributed by atoms with van der Waals surface area (Å²) in [5.41, 5.74) is 0.927. The molecule has 1 heterocycles. The molecule has 0 fully saturated rings. The van der Waals surface area contributed by atoms with E-state index < -0.39 is 0 Å². The van der Waals surface area contributed by atoms with Gasteiger partial charge < -0.3 is 15.5 Å². The van der Waals surface area contributed by atoms with Gasteiger partial charge in [-0.25, -0.2) is 9.97 Å². The van der Waals surface area contributed by atoms with Crippen molar-refractivity contribution in [3.05, 3.63) is 11.9 Å². The molecule has 2 N–H and O–H groups in total. The molecule has 16 heavy (non-hydrogen) atoms. The molecule has 1 aromatic heterocycles. The lowest BCUT2D eigenvalue weighted by Gasteiger charge is -2.19. The summed E-state index contributed by atoms with van der Waals surface area (Å²) < 4.78 is 0. The van der Waals surface area contributed by atoms with Gasteiger partial charge in [-0.2, -0.15) is 0 Å². The van der Waals surface area contributed by atoms with Crippen LogP contribution >= 0.6 is 0 Å². The highest BCUT2D eigenvalue weighted by molar-refractivity contribution is 5.81. The van der Waals surface area contributed by atoms with Crippen LogP contribution in [0.1, 0.15) is 5.56 Å². The minimum absolute atomic E-state index is 0.0495. The van der Waals surface area contributed by atoms with E-state index in [-0.39, 0.29) is 12.5 Å². The Labute approximate surface area is 95.1 Å². The Morgan fingerprint density at radius 1 is 1.44 bits per heavy atom. The lowest BCUT2D eigenvalue weighted by Crippen LogP contribution is -2.33. The first-order valence-corrected chi connectivity index (χ1v) is 5.01. The lowest BCUT2D eigenvalue weighted by atomic mass is 10.3. The number of carbonyl (C=O) groups is 1. The number of hydrogen-bond donors (Lipinski definition) is 2. The van der Waals surface area contributed by atoms with Gasteiger partial charge in [0, 0.05) is 26.7 Å². The van der Waals surface area contributed by atoms with Crippen LogP contribution in [0.4, 0.5) is 11.6 Å². The number of aromatic nitrogens is 2. The molecular formula is C10H17N5O.